The third-order valence-corrected chi connectivity index (χ3v) is 6.12. The number of carboxylic acids is 3. The Morgan fingerprint density at radius 2 is 1.61 bits per heavy atom. The van der Waals surface area contributed by atoms with Gasteiger partial charge in [-0.05, 0) is 28.3 Å². The minimum absolute atomic E-state index is 0.151. The molecule has 0 spiro atoms. The molecule has 0 radical (unpaired) electrons. The highest BCUT2D eigenvalue weighted by atomic mass is 32.1. The van der Waals surface area contributed by atoms with Crippen molar-refractivity contribution < 1.29 is 44.7 Å². The van der Waals surface area contributed by atoms with Crippen LogP contribution in [-0.2, 0) is 27.5 Å². The first-order valence-corrected chi connectivity index (χ1v) is 11.8. The molecule has 0 atom stereocenters. The molecule has 3 rings (SSSR count). The second-order valence-electron chi connectivity index (χ2n) is 7.96. The van der Waals surface area contributed by atoms with Crippen LogP contribution >= 0.6 is 11.3 Å². The quantitative estimate of drug-likeness (QED) is 0.240. The molecule has 0 fully saturated rings. The van der Waals surface area contributed by atoms with Gasteiger partial charge in [0, 0.05) is 30.1 Å². The van der Waals surface area contributed by atoms with Crippen molar-refractivity contribution >= 4 is 40.0 Å². The summed E-state index contributed by atoms with van der Waals surface area (Å²) in [5, 5.41) is 47.7. The first kappa shape index (κ1) is 28.7. The van der Waals surface area contributed by atoms with E-state index in [2.05, 4.69) is 52.7 Å². The van der Waals surface area contributed by atoms with Gasteiger partial charge in [-0.2, -0.15) is 0 Å². The molecule has 0 bridgehead atoms. The molecule has 3 aromatic rings. The summed E-state index contributed by atoms with van der Waals surface area (Å²) in [7, 11) is 1.71. The number of fused-ring (bicyclic) bond motifs is 1. The molecule has 0 saturated carbocycles. The van der Waals surface area contributed by atoms with Crippen LogP contribution in [-0.4, -0.2) is 74.2 Å². The minimum atomic E-state index is -2.74. The zero-order chi connectivity index (χ0) is 26.7. The first-order chi connectivity index (χ1) is 17.1. The van der Waals surface area contributed by atoms with Gasteiger partial charge >= 0.3 is 17.9 Å². The van der Waals surface area contributed by atoms with E-state index in [0.717, 1.165) is 18.8 Å². The van der Waals surface area contributed by atoms with Crippen molar-refractivity contribution in [3.8, 4) is 5.75 Å². The topological polar surface area (TPSA) is 165 Å². The standard InChI is InChI=1S/C19H21NO2S.C6H8O7/c1-22-19-9-8-15-5-2-3-7-17(15)18(19)14-20(10-11-21)13-16-6-4-12-23-16;7-3(8)1-6(13,5(11)12)2-4(9)10/h2-9,12,21H,10-11,13-14H2,1H3;13H,1-2H2,(H,7,8)(H,9,10)(H,11,12). The van der Waals surface area contributed by atoms with E-state index in [9.17, 15) is 19.5 Å². The number of benzene rings is 2. The van der Waals surface area contributed by atoms with Crippen molar-refractivity contribution in [1.82, 2.24) is 4.90 Å². The number of hydrogen-bond acceptors (Lipinski definition) is 8. The lowest BCUT2D eigenvalue weighted by Gasteiger charge is -2.23. The molecule has 11 heteroatoms. The average Bonchev–Trinajstić information content (AvgIpc) is 3.32. The molecular formula is C25H29NO9S. The van der Waals surface area contributed by atoms with Crippen LogP contribution in [0, 0.1) is 0 Å². The number of aliphatic hydroxyl groups is 2. The molecule has 194 valence electrons. The number of aliphatic carboxylic acids is 3. The Labute approximate surface area is 211 Å². The predicted octanol–water partition coefficient (Wildman–Crippen LogP) is 2.66. The highest BCUT2D eigenvalue weighted by Gasteiger charge is 2.40. The molecule has 0 unspecified atom stereocenters. The van der Waals surface area contributed by atoms with Gasteiger partial charge in [0.25, 0.3) is 0 Å². The summed E-state index contributed by atoms with van der Waals surface area (Å²) in [5.74, 6) is -4.12. The fraction of sp³-hybridized carbons (Fsp3) is 0.320. The second-order valence-corrected chi connectivity index (χ2v) is 8.99. The number of aliphatic hydroxyl groups excluding tert-OH is 1. The van der Waals surface area contributed by atoms with Gasteiger partial charge in [-0.1, -0.05) is 36.4 Å². The Bertz CT molecular complexity index is 1150. The number of nitrogens with zero attached hydrogens (tertiary/aromatic N) is 1. The van der Waals surface area contributed by atoms with Gasteiger partial charge in [0.2, 0.25) is 0 Å². The van der Waals surface area contributed by atoms with Crippen molar-refractivity contribution in [3.63, 3.8) is 0 Å². The number of carbonyl (C=O) groups is 3. The number of ether oxygens (including phenoxy) is 1. The van der Waals surface area contributed by atoms with Crippen LogP contribution < -0.4 is 4.74 Å². The normalized spacial score (nSPS) is 11.1. The molecule has 2 aromatic carbocycles. The molecular weight excluding hydrogens is 490 g/mol. The predicted molar refractivity (Wildman–Crippen MR) is 133 cm³/mol. The van der Waals surface area contributed by atoms with Gasteiger partial charge in [0.1, 0.15) is 5.75 Å². The lowest BCUT2D eigenvalue weighted by molar-refractivity contribution is -0.170. The van der Waals surface area contributed by atoms with Crippen molar-refractivity contribution in [2.24, 2.45) is 0 Å². The van der Waals surface area contributed by atoms with E-state index in [-0.39, 0.29) is 6.61 Å². The molecule has 1 aromatic heterocycles. The number of carboxylic acid groups (broad SMARTS) is 3. The Morgan fingerprint density at radius 3 is 2.14 bits per heavy atom. The van der Waals surface area contributed by atoms with Gasteiger partial charge < -0.3 is 30.3 Å². The minimum Gasteiger partial charge on any atom is -0.496 e. The molecule has 0 aliphatic heterocycles. The van der Waals surface area contributed by atoms with Crippen LogP contribution in [0.3, 0.4) is 0 Å². The maximum atomic E-state index is 10.3. The first-order valence-electron chi connectivity index (χ1n) is 10.9. The smallest absolute Gasteiger partial charge is 0.336 e. The number of hydrogen-bond donors (Lipinski definition) is 5. The summed E-state index contributed by atoms with van der Waals surface area (Å²) in [4.78, 5) is 34.0. The average molecular weight is 520 g/mol. The maximum Gasteiger partial charge on any atom is 0.336 e. The molecule has 0 aliphatic rings. The highest BCUT2D eigenvalue weighted by Crippen LogP contribution is 2.29. The van der Waals surface area contributed by atoms with E-state index in [1.54, 1.807) is 18.4 Å². The monoisotopic (exact) mass is 519 g/mol. The molecule has 0 aliphatic carbocycles. The number of thiophene rings is 1. The van der Waals surface area contributed by atoms with Crippen LogP contribution in [0.2, 0.25) is 0 Å². The molecule has 10 nitrogen and oxygen atoms in total. The number of rotatable bonds is 12. The van der Waals surface area contributed by atoms with Crippen LogP contribution in [0.15, 0.2) is 53.9 Å². The lowest BCUT2D eigenvalue weighted by Crippen LogP contribution is -2.42. The van der Waals surface area contributed by atoms with Crippen molar-refractivity contribution in [2.75, 3.05) is 20.3 Å². The molecule has 36 heavy (non-hydrogen) atoms. The van der Waals surface area contributed by atoms with Gasteiger partial charge in [0.15, 0.2) is 5.60 Å². The van der Waals surface area contributed by atoms with Gasteiger partial charge in [-0.25, -0.2) is 4.79 Å². The Kier molecular flexibility index (Phi) is 10.8. The Balaban J connectivity index is 0.000000302. The summed E-state index contributed by atoms with van der Waals surface area (Å²) in [6, 6.07) is 16.7. The van der Waals surface area contributed by atoms with Crippen LogP contribution in [0.5, 0.6) is 5.75 Å². The van der Waals surface area contributed by atoms with Crippen molar-refractivity contribution in [2.45, 2.75) is 31.5 Å². The zero-order valence-electron chi connectivity index (χ0n) is 19.7. The summed E-state index contributed by atoms with van der Waals surface area (Å²) >= 11 is 1.75. The molecule has 0 amide bonds. The van der Waals surface area contributed by atoms with Gasteiger partial charge in [-0.15, -0.1) is 11.3 Å². The summed E-state index contributed by atoms with van der Waals surface area (Å²) in [6.07, 6.45) is -2.29. The SMILES string of the molecule is COc1ccc2ccccc2c1CN(CCO)Cc1cccs1.O=C(O)CC(O)(CC(=O)O)C(=O)O. The second kappa shape index (κ2) is 13.5. The third kappa shape index (κ3) is 8.31. The maximum absolute atomic E-state index is 10.3. The van der Waals surface area contributed by atoms with E-state index >= 15 is 0 Å². The van der Waals surface area contributed by atoms with Crippen LogP contribution in [0.25, 0.3) is 10.8 Å². The zero-order valence-corrected chi connectivity index (χ0v) is 20.5. The molecule has 0 saturated heterocycles. The fourth-order valence-electron chi connectivity index (χ4n) is 3.59. The highest BCUT2D eigenvalue weighted by molar-refractivity contribution is 7.09. The van der Waals surface area contributed by atoms with E-state index < -0.39 is 36.4 Å². The summed E-state index contributed by atoms with van der Waals surface area (Å²) in [5.41, 5.74) is -1.56. The molecule has 1 heterocycles. The number of methoxy groups -OCH3 is 1. The fourth-order valence-corrected chi connectivity index (χ4v) is 4.33. The molecule has 5 N–H and O–H groups in total. The summed E-state index contributed by atoms with van der Waals surface area (Å²) in [6.45, 7) is 2.39. The van der Waals surface area contributed by atoms with Gasteiger partial charge in [-0.3, -0.25) is 14.5 Å². The van der Waals surface area contributed by atoms with E-state index in [1.165, 1.54) is 21.2 Å². The van der Waals surface area contributed by atoms with Gasteiger partial charge in [0.05, 0.1) is 26.6 Å². The van der Waals surface area contributed by atoms with Crippen LogP contribution in [0.1, 0.15) is 23.3 Å². The Hall–Kier alpha value is -3.51. The van der Waals surface area contributed by atoms with Crippen molar-refractivity contribution in [1.29, 1.82) is 0 Å². The van der Waals surface area contributed by atoms with Crippen molar-refractivity contribution in [3.05, 3.63) is 64.4 Å². The van der Waals surface area contributed by atoms with Crippen LogP contribution in [0.4, 0.5) is 0 Å². The Morgan fingerprint density at radius 1 is 0.944 bits per heavy atom. The van der Waals surface area contributed by atoms with E-state index in [1.807, 2.05) is 6.07 Å². The van der Waals surface area contributed by atoms with E-state index in [0.29, 0.717) is 6.54 Å². The summed E-state index contributed by atoms with van der Waals surface area (Å²) < 4.78 is 5.58. The largest absolute Gasteiger partial charge is 0.496 e. The lowest BCUT2D eigenvalue weighted by atomic mass is 9.96. The van der Waals surface area contributed by atoms with E-state index in [4.69, 9.17) is 25.2 Å². The third-order valence-electron chi connectivity index (χ3n) is 5.26.